The first-order valence-electron chi connectivity index (χ1n) is 5.80. The van der Waals surface area contributed by atoms with E-state index in [2.05, 4.69) is 12.2 Å². The molecule has 3 aliphatic carbocycles. The number of aliphatic hydroxyl groups is 3. The molecule has 84 valence electrons. The number of allylic oxidation sites excluding steroid dienone is 2. The zero-order valence-electron chi connectivity index (χ0n) is 8.71. The minimum atomic E-state index is 0.163. The molecular formula is C12H18O3. The predicted molar refractivity (Wildman–Crippen MR) is 54.9 cm³/mol. The summed E-state index contributed by atoms with van der Waals surface area (Å²) in [5.41, 5.74) is 0.204. The molecule has 3 rings (SSSR count). The van der Waals surface area contributed by atoms with Crippen LogP contribution in [0.5, 0.6) is 0 Å². The molecule has 15 heavy (non-hydrogen) atoms. The van der Waals surface area contributed by atoms with E-state index in [0.29, 0.717) is 17.8 Å². The van der Waals surface area contributed by atoms with Gasteiger partial charge in [0.25, 0.3) is 0 Å². The molecule has 3 heteroatoms. The molecule has 0 amide bonds. The highest BCUT2D eigenvalue weighted by atomic mass is 16.3. The summed E-state index contributed by atoms with van der Waals surface area (Å²) < 4.78 is 0. The Labute approximate surface area is 89.4 Å². The van der Waals surface area contributed by atoms with Crippen LogP contribution in [-0.4, -0.2) is 35.1 Å². The second-order valence-electron chi connectivity index (χ2n) is 5.33. The zero-order chi connectivity index (χ0) is 10.6. The predicted octanol–water partition coefficient (Wildman–Crippen LogP) is 0.0178. The summed E-state index contributed by atoms with van der Waals surface area (Å²) >= 11 is 0. The van der Waals surface area contributed by atoms with E-state index < -0.39 is 0 Å². The number of hydrogen-bond donors (Lipinski definition) is 3. The minimum absolute atomic E-state index is 0.163. The van der Waals surface area contributed by atoms with Crippen LogP contribution in [0.4, 0.5) is 0 Å². The monoisotopic (exact) mass is 210 g/mol. The third-order valence-electron chi connectivity index (χ3n) is 5.08. The van der Waals surface area contributed by atoms with Gasteiger partial charge >= 0.3 is 0 Å². The lowest BCUT2D eigenvalue weighted by Crippen LogP contribution is -2.25. The number of aliphatic hydroxyl groups excluding tert-OH is 3. The Kier molecular flexibility index (Phi) is 2.00. The fourth-order valence-electron chi connectivity index (χ4n) is 4.35. The molecule has 2 fully saturated rings. The highest BCUT2D eigenvalue weighted by molar-refractivity contribution is 5.30. The molecule has 2 bridgehead atoms. The maximum absolute atomic E-state index is 9.40. The van der Waals surface area contributed by atoms with Crippen LogP contribution in [0.2, 0.25) is 0 Å². The van der Waals surface area contributed by atoms with Crippen LogP contribution in [0.15, 0.2) is 12.2 Å². The summed E-state index contributed by atoms with van der Waals surface area (Å²) in [4.78, 5) is 0. The first kappa shape index (κ1) is 9.82. The van der Waals surface area contributed by atoms with Crippen molar-refractivity contribution in [3.63, 3.8) is 0 Å². The van der Waals surface area contributed by atoms with E-state index >= 15 is 0 Å². The SMILES string of the molecule is OCC1CC12C1C=C[C@@H]2[C@H](CO)[C@H]1CO. The lowest BCUT2D eigenvalue weighted by atomic mass is 9.84. The molecule has 0 heterocycles. The molecule has 6 atom stereocenters. The van der Waals surface area contributed by atoms with Crippen molar-refractivity contribution in [3.05, 3.63) is 12.2 Å². The van der Waals surface area contributed by atoms with E-state index in [0.717, 1.165) is 6.42 Å². The van der Waals surface area contributed by atoms with E-state index in [1.165, 1.54) is 0 Å². The van der Waals surface area contributed by atoms with Crippen LogP contribution in [0.3, 0.4) is 0 Å². The summed E-state index contributed by atoms with van der Waals surface area (Å²) in [7, 11) is 0. The minimum Gasteiger partial charge on any atom is -0.396 e. The maximum atomic E-state index is 9.40. The summed E-state index contributed by atoms with van der Waals surface area (Å²) in [6.07, 6.45) is 5.47. The molecular weight excluding hydrogens is 192 g/mol. The van der Waals surface area contributed by atoms with Crippen molar-refractivity contribution in [1.82, 2.24) is 0 Å². The van der Waals surface area contributed by atoms with Crippen molar-refractivity contribution in [3.8, 4) is 0 Å². The summed E-state index contributed by atoms with van der Waals surface area (Å²) in [6.45, 7) is 0.582. The largest absolute Gasteiger partial charge is 0.396 e. The zero-order valence-corrected chi connectivity index (χ0v) is 8.71. The average Bonchev–Trinajstić information content (AvgIpc) is 2.83. The molecule has 3 aliphatic rings. The van der Waals surface area contributed by atoms with Gasteiger partial charge in [0, 0.05) is 19.8 Å². The lowest BCUT2D eigenvalue weighted by Gasteiger charge is -2.23. The fourth-order valence-corrected chi connectivity index (χ4v) is 4.35. The lowest BCUT2D eigenvalue weighted by molar-refractivity contribution is 0.112. The first-order valence-corrected chi connectivity index (χ1v) is 5.80. The van der Waals surface area contributed by atoms with Gasteiger partial charge in [-0.1, -0.05) is 12.2 Å². The first-order chi connectivity index (χ1) is 7.29. The average molecular weight is 210 g/mol. The summed E-state index contributed by atoms with van der Waals surface area (Å²) in [6, 6.07) is 0. The van der Waals surface area contributed by atoms with Gasteiger partial charge in [-0.15, -0.1) is 0 Å². The molecule has 3 N–H and O–H groups in total. The van der Waals surface area contributed by atoms with Crippen molar-refractivity contribution in [2.45, 2.75) is 6.42 Å². The molecule has 0 aromatic rings. The van der Waals surface area contributed by atoms with Crippen molar-refractivity contribution >= 4 is 0 Å². The molecule has 0 aliphatic heterocycles. The van der Waals surface area contributed by atoms with E-state index in [1.807, 2.05) is 0 Å². The van der Waals surface area contributed by atoms with Gasteiger partial charge in [-0.05, 0) is 41.4 Å². The van der Waals surface area contributed by atoms with Crippen LogP contribution < -0.4 is 0 Å². The molecule has 0 radical (unpaired) electrons. The second-order valence-corrected chi connectivity index (χ2v) is 5.33. The molecule has 0 saturated heterocycles. The van der Waals surface area contributed by atoms with Gasteiger partial charge in [-0.25, -0.2) is 0 Å². The van der Waals surface area contributed by atoms with E-state index in [-0.39, 0.29) is 37.1 Å². The molecule has 3 unspecified atom stereocenters. The Morgan fingerprint density at radius 2 is 1.47 bits per heavy atom. The molecule has 1 spiro atoms. The Hall–Kier alpha value is -0.380. The number of hydrogen-bond acceptors (Lipinski definition) is 3. The smallest absolute Gasteiger partial charge is 0.0468 e. The molecule has 2 saturated carbocycles. The van der Waals surface area contributed by atoms with Gasteiger partial charge in [-0.3, -0.25) is 0 Å². The highest BCUT2D eigenvalue weighted by Crippen LogP contribution is 2.74. The van der Waals surface area contributed by atoms with E-state index in [9.17, 15) is 15.3 Å². The van der Waals surface area contributed by atoms with Gasteiger partial charge in [0.05, 0.1) is 0 Å². The standard InChI is InChI=1S/C12H18O3/c13-4-7-3-12(7)10-1-2-11(12)9(6-15)8(10)5-14/h1-2,7-11,13-15H,3-6H2/t7?,8-,9-,10-,11?,12?/m1/s1. The highest BCUT2D eigenvalue weighted by Gasteiger charge is 2.71. The third kappa shape index (κ3) is 0.967. The van der Waals surface area contributed by atoms with Crippen molar-refractivity contribution in [2.24, 2.45) is 35.0 Å². The van der Waals surface area contributed by atoms with Gasteiger partial charge in [-0.2, -0.15) is 0 Å². The van der Waals surface area contributed by atoms with Crippen LogP contribution in [-0.2, 0) is 0 Å². The van der Waals surface area contributed by atoms with Crippen molar-refractivity contribution in [2.75, 3.05) is 19.8 Å². The van der Waals surface area contributed by atoms with Crippen LogP contribution in [0.25, 0.3) is 0 Å². The van der Waals surface area contributed by atoms with Gasteiger partial charge < -0.3 is 15.3 Å². The Balaban J connectivity index is 1.92. The molecule has 0 aromatic heterocycles. The second kappa shape index (κ2) is 3.06. The van der Waals surface area contributed by atoms with Crippen molar-refractivity contribution < 1.29 is 15.3 Å². The fraction of sp³-hybridized carbons (Fsp3) is 0.833. The Morgan fingerprint density at radius 3 is 1.80 bits per heavy atom. The van der Waals surface area contributed by atoms with E-state index in [4.69, 9.17) is 0 Å². The van der Waals surface area contributed by atoms with E-state index in [1.54, 1.807) is 0 Å². The topological polar surface area (TPSA) is 60.7 Å². The van der Waals surface area contributed by atoms with Crippen LogP contribution in [0, 0.1) is 35.0 Å². The van der Waals surface area contributed by atoms with Crippen LogP contribution >= 0.6 is 0 Å². The summed E-state index contributed by atoms with van der Waals surface area (Å²) in [5, 5.41) is 28.1. The van der Waals surface area contributed by atoms with Crippen molar-refractivity contribution in [1.29, 1.82) is 0 Å². The molecule has 3 nitrogen and oxygen atoms in total. The third-order valence-corrected chi connectivity index (χ3v) is 5.08. The Bertz CT molecular complexity index is 279. The van der Waals surface area contributed by atoms with Gasteiger partial charge in [0.2, 0.25) is 0 Å². The maximum Gasteiger partial charge on any atom is 0.0468 e. The van der Waals surface area contributed by atoms with Gasteiger partial charge in [0.15, 0.2) is 0 Å². The Morgan fingerprint density at radius 1 is 0.933 bits per heavy atom. The normalized spacial score (nSPS) is 55.5. The van der Waals surface area contributed by atoms with Gasteiger partial charge in [0.1, 0.15) is 0 Å². The number of rotatable bonds is 3. The summed E-state index contributed by atoms with van der Waals surface area (Å²) in [5.74, 6) is 1.60. The molecule has 0 aromatic carbocycles. The van der Waals surface area contributed by atoms with Crippen LogP contribution in [0.1, 0.15) is 6.42 Å². The quantitative estimate of drug-likeness (QED) is 0.575.